The molecule has 7 heteroatoms. The summed E-state index contributed by atoms with van der Waals surface area (Å²) in [5.41, 5.74) is 1.31. The van der Waals surface area contributed by atoms with Gasteiger partial charge in [0.1, 0.15) is 5.82 Å². The summed E-state index contributed by atoms with van der Waals surface area (Å²) in [6, 6.07) is 19.0. The van der Waals surface area contributed by atoms with Crippen molar-refractivity contribution in [3.63, 3.8) is 0 Å². The van der Waals surface area contributed by atoms with E-state index in [4.69, 9.17) is 23.2 Å². The van der Waals surface area contributed by atoms with E-state index in [-0.39, 0.29) is 29.9 Å². The number of carbonyl (C=O) groups excluding carboxylic acids is 2. The third-order valence-electron chi connectivity index (χ3n) is 4.20. The van der Waals surface area contributed by atoms with Gasteiger partial charge in [0, 0.05) is 29.4 Å². The number of halogens is 3. The Kier molecular flexibility index (Phi) is 6.86. The van der Waals surface area contributed by atoms with Crippen LogP contribution in [0.15, 0.2) is 72.8 Å². The van der Waals surface area contributed by atoms with Crippen LogP contribution in [0.2, 0.25) is 10.0 Å². The maximum atomic E-state index is 13.3. The normalized spacial score (nSPS) is 10.4. The summed E-state index contributed by atoms with van der Waals surface area (Å²) in [5.74, 6) is -1.03. The number of rotatable bonds is 6. The van der Waals surface area contributed by atoms with Crippen LogP contribution in [0.4, 0.5) is 10.1 Å². The van der Waals surface area contributed by atoms with Crippen LogP contribution >= 0.6 is 23.2 Å². The van der Waals surface area contributed by atoms with Crippen LogP contribution < -0.4 is 10.2 Å². The molecular weight excluding hydrogens is 414 g/mol. The molecule has 0 aromatic heterocycles. The van der Waals surface area contributed by atoms with E-state index in [0.29, 0.717) is 21.8 Å². The van der Waals surface area contributed by atoms with Crippen molar-refractivity contribution >= 4 is 40.7 Å². The molecule has 0 heterocycles. The molecule has 0 atom stereocenters. The Hall–Kier alpha value is -2.89. The van der Waals surface area contributed by atoms with Crippen molar-refractivity contribution in [3.8, 4) is 0 Å². The van der Waals surface area contributed by atoms with Crippen LogP contribution in [0.5, 0.6) is 0 Å². The predicted octanol–water partition coefficient (Wildman–Crippen LogP) is 5.21. The largest absolute Gasteiger partial charge is 0.350 e. The van der Waals surface area contributed by atoms with Gasteiger partial charge in [-0.3, -0.25) is 9.59 Å². The first-order valence-corrected chi connectivity index (χ1v) is 9.57. The lowest BCUT2D eigenvalue weighted by Gasteiger charge is -2.23. The summed E-state index contributed by atoms with van der Waals surface area (Å²) in [4.78, 5) is 26.8. The average molecular weight is 431 g/mol. The Balaban J connectivity index is 1.74. The minimum absolute atomic E-state index is 0.174. The summed E-state index contributed by atoms with van der Waals surface area (Å²) < 4.78 is 13.3. The number of hydrogen-bond acceptors (Lipinski definition) is 2. The van der Waals surface area contributed by atoms with E-state index in [1.165, 1.54) is 41.3 Å². The highest BCUT2D eigenvalue weighted by atomic mass is 35.5. The average Bonchev–Trinajstić information content (AvgIpc) is 2.72. The number of hydrogen-bond donors (Lipinski definition) is 1. The van der Waals surface area contributed by atoms with Crippen molar-refractivity contribution in [2.75, 3.05) is 18.0 Å². The molecule has 3 aromatic rings. The molecule has 0 saturated carbocycles. The Morgan fingerprint density at radius 3 is 2.28 bits per heavy atom. The molecule has 0 aliphatic rings. The van der Waals surface area contributed by atoms with Gasteiger partial charge < -0.3 is 10.2 Å². The third kappa shape index (κ3) is 5.34. The van der Waals surface area contributed by atoms with E-state index in [9.17, 15) is 14.0 Å². The second-order valence-corrected chi connectivity index (χ2v) is 7.02. The third-order valence-corrected chi connectivity index (χ3v) is 4.75. The molecule has 29 heavy (non-hydrogen) atoms. The molecule has 1 N–H and O–H groups in total. The zero-order chi connectivity index (χ0) is 20.8. The second kappa shape index (κ2) is 9.54. The van der Waals surface area contributed by atoms with Gasteiger partial charge in [-0.25, -0.2) is 4.39 Å². The fraction of sp³-hybridized carbons (Fsp3) is 0.0909. The highest BCUT2D eigenvalue weighted by Crippen LogP contribution is 2.21. The Morgan fingerprint density at radius 2 is 1.62 bits per heavy atom. The quantitative estimate of drug-likeness (QED) is 0.583. The number of nitrogens with one attached hydrogen (secondary N) is 1. The number of amides is 2. The summed E-state index contributed by atoms with van der Waals surface area (Å²) >= 11 is 11.9. The lowest BCUT2D eigenvalue weighted by Crippen LogP contribution is -2.38. The van der Waals surface area contributed by atoms with E-state index in [0.717, 1.165) is 0 Å². The van der Waals surface area contributed by atoms with E-state index in [1.807, 2.05) is 6.07 Å². The minimum atomic E-state index is -0.397. The first-order valence-electron chi connectivity index (χ1n) is 8.81. The highest BCUT2D eigenvalue weighted by Gasteiger charge is 2.18. The SMILES string of the molecule is O=C(NCCN(C(=O)c1ccccc1)c1ccc(F)cc1)c1ccc(Cl)cc1Cl. The highest BCUT2D eigenvalue weighted by molar-refractivity contribution is 6.36. The second-order valence-electron chi connectivity index (χ2n) is 6.18. The van der Waals surface area contributed by atoms with Crippen molar-refractivity contribution in [2.45, 2.75) is 0 Å². The molecule has 0 unspecified atom stereocenters. The molecule has 2 amide bonds. The van der Waals surface area contributed by atoms with Gasteiger partial charge in [0.05, 0.1) is 10.6 Å². The summed E-state index contributed by atoms with van der Waals surface area (Å²) in [7, 11) is 0. The van der Waals surface area contributed by atoms with Gasteiger partial charge in [-0.1, -0.05) is 41.4 Å². The maximum Gasteiger partial charge on any atom is 0.258 e. The first-order chi connectivity index (χ1) is 14.0. The molecule has 0 bridgehead atoms. The molecule has 0 fully saturated rings. The fourth-order valence-corrected chi connectivity index (χ4v) is 3.25. The van der Waals surface area contributed by atoms with Gasteiger partial charge in [-0.2, -0.15) is 0 Å². The number of carbonyl (C=O) groups is 2. The smallest absolute Gasteiger partial charge is 0.258 e. The van der Waals surface area contributed by atoms with Crippen molar-refractivity contribution < 1.29 is 14.0 Å². The van der Waals surface area contributed by atoms with E-state index in [2.05, 4.69) is 5.32 Å². The van der Waals surface area contributed by atoms with Crippen LogP contribution in [0.3, 0.4) is 0 Å². The fourth-order valence-electron chi connectivity index (χ4n) is 2.76. The van der Waals surface area contributed by atoms with Gasteiger partial charge in [-0.05, 0) is 54.6 Å². The number of nitrogens with zero attached hydrogens (tertiary/aromatic N) is 1. The van der Waals surface area contributed by atoms with Crippen molar-refractivity contribution in [1.29, 1.82) is 0 Å². The molecular formula is C22H17Cl2FN2O2. The first kappa shape index (κ1) is 20.8. The van der Waals surface area contributed by atoms with Crippen LogP contribution in [-0.2, 0) is 0 Å². The summed E-state index contributed by atoms with van der Waals surface area (Å²) in [6.07, 6.45) is 0. The van der Waals surface area contributed by atoms with E-state index in [1.54, 1.807) is 30.3 Å². The molecule has 0 spiro atoms. The van der Waals surface area contributed by atoms with Crippen LogP contribution in [0.25, 0.3) is 0 Å². The van der Waals surface area contributed by atoms with Crippen LogP contribution in [0, 0.1) is 5.82 Å². The Morgan fingerprint density at radius 1 is 0.931 bits per heavy atom. The Bertz CT molecular complexity index is 1010. The van der Waals surface area contributed by atoms with Gasteiger partial charge in [-0.15, -0.1) is 0 Å². The predicted molar refractivity (Wildman–Crippen MR) is 113 cm³/mol. The summed E-state index contributed by atoms with van der Waals surface area (Å²) in [5, 5.41) is 3.42. The molecule has 4 nitrogen and oxygen atoms in total. The van der Waals surface area contributed by atoms with Crippen molar-refractivity contribution in [3.05, 3.63) is 99.8 Å². The molecule has 3 rings (SSSR count). The number of benzene rings is 3. The minimum Gasteiger partial charge on any atom is -0.350 e. The maximum absolute atomic E-state index is 13.3. The van der Waals surface area contributed by atoms with Gasteiger partial charge >= 0.3 is 0 Å². The van der Waals surface area contributed by atoms with E-state index < -0.39 is 5.82 Å². The van der Waals surface area contributed by atoms with Gasteiger partial charge in [0.25, 0.3) is 11.8 Å². The standard InChI is InChI=1S/C22H17Cl2FN2O2/c23-16-6-11-19(20(24)14-16)21(28)26-12-13-27(18-9-7-17(25)8-10-18)22(29)15-4-2-1-3-5-15/h1-11,14H,12-13H2,(H,26,28). The van der Waals surface area contributed by atoms with Crippen molar-refractivity contribution in [2.24, 2.45) is 0 Å². The number of anilines is 1. The molecule has 148 valence electrons. The lowest BCUT2D eigenvalue weighted by molar-refractivity contribution is 0.0943. The van der Waals surface area contributed by atoms with Gasteiger partial charge in [0.15, 0.2) is 0 Å². The summed E-state index contributed by atoms with van der Waals surface area (Å²) in [6.45, 7) is 0.365. The van der Waals surface area contributed by atoms with Gasteiger partial charge in [0.2, 0.25) is 0 Å². The lowest BCUT2D eigenvalue weighted by atomic mass is 10.1. The molecule has 0 aliphatic carbocycles. The zero-order valence-electron chi connectivity index (χ0n) is 15.2. The molecule has 3 aromatic carbocycles. The monoisotopic (exact) mass is 430 g/mol. The van der Waals surface area contributed by atoms with Crippen LogP contribution in [0.1, 0.15) is 20.7 Å². The topological polar surface area (TPSA) is 49.4 Å². The van der Waals surface area contributed by atoms with Crippen LogP contribution in [-0.4, -0.2) is 24.9 Å². The molecule has 0 saturated heterocycles. The molecule has 0 radical (unpaired) electrons. The molecule has 0 aliphatic heterocycles. The van der Waals surface area contributed by atoms with E-state index >= 15 is 0 Å². The Labute approximate surface area is 177 Å². The van der Waals surface area contributed by atoms with Crippen molar-refractivity contribution in [1.82, 2.24) is 5.32 Å². The zero-order valence-corrected chi connectivity index (χ0v) is 16.8.